The zero-order chi connectivity index (χ0) is 23.1. The van der Waals surface area contributed by atoms with E-state index in [0.29, 0.717) is 38.2 Å². The number of fused-ring (bicyclic) bond motifs is 1. The zero-order valence-corrected chi connectivity index (χ0v) is 18.6. The molecule has 3 atom stereocenters. The van der Waals surface area contributed by atoms with Gasteiger partial charge in [0.1, 0.15) is 24.6 Å². The molecule has 3 unspecified atom stereocenters. The summed E-state index contributed by atoms with van der Waals surface area (Å²) >= 11 is 0. The number of amides is 1. The molecule has 176 valence electrons. The van der Waals surface area contributed by atoms with Gasteiger partial charge in [-0.3, -0.25) is 4.79 Å². The van der Waals surface area contributed by atoms with Gasteiger partial charge < -0.3 is 29.9 Å². The Bertz CT molecular complexity index is 917. The van der Waals surface area contributed by atoms with E-state index in [1.807, 2.05) is 31.2 Å². The highest BCUT2D eigenvalue weighted by molar-refractivity contribution is 5.86. The van der Waals surface area contributed by atoms with Gasteiger partial charge in [0, 0.05) is 43.2 Å². The van der Waals surface area contributed by atoms with Crippen LogP contribution in [0.2, 0.25) is 0 Å². The van der Waals surface area contributed by atoms with Crippen molar-refractivity contribution in [3.63, 3.8) is 0 Å². The summed E-state index contributed by atoms with van der Waals surface area (Å²) in [5.74, 6) is 0.567. The summed E-state index contributed by atoms with van der Waals surface area (Å²) < 4.78 is 5.80. The number of aliphatic hydroxyl groups excluding tert-OH is 1. The number of aromatic nitrogens is 1. The van der Waals surface area contributed by atoms with Crippen LogP contribution in [0.4, 0.5) is 0 Å². The Balaban J connectivity index is 1.45. The van der Waals surface area contributed by atoms with Gasteiger partial charge in [-0.1, -0.05) is 18.9 Å². The summed E-state index contributed by atoms with van der Waals surface area (Å²) in [7, 11) is 0. The van der Waals surface area contributed by atoms with Crippen molar-refractivity contribution in [3.05, 3.63) is 40.1 Å². The topological polar surface area (TPSA) is 130 Å². The third-order valence-electron chi connectivity index (χ3n) is 5.79. The molecule has 3 rings (SSSR count). The van der Waals surface area contributed by atoms with Crippen LogP contribution >= 0.6 is 0 Å². The number of nitrogens with zero attached hydrogens (tertiary/aromatic N) is 2. The fraction of sp³-hybridized carbons (Fsp3) is 0.591. The number of nitrogens with one attached hydrogen (secondary N) is 2. The van der Waals surface area contributed by atoms with Gasteiger partial charge in [0.05, 0.1) is 6.04 Å². The Morgan fingerprint density at radius 1 is 1.41 bits per heavy atom. The first-order chi connectivity index (χ1) is 15.3. The number of hydrogen-bond donors (Lipinski definition) is 3. The van der Waals surface area contributed by atoms with Crippen molar-refractivity contribution in [1.29, 1.82) is 0 Å². The van der Waals surface area contributed by atoms with E-state index in [9.17, 15) is 20.0 Å². The second kappa shape index (κ2) is 11.1. The number of aromatic amines is 1. The molecule has 32 heavy (non-hydrogen) atoms. The molecule has 1 aromatic carbocycles. The number of carbonyl (C=O) groups is 1. The van der Waals surface area contributed by atoms with Crippen molar-refractivity contribution in [2.45, 2.75) is 57.8 Å². The summed E-state index contributed by atoms with van der Waals surface area (Å²) in [4.78, 5) is 32.7. The van der Waals surface area contributed by atoms with Crippen LogP contribution < -0.4 is 10.1 Å². The van der Waals surface area contributed by atoms with Crippen LogP contribution in [0.15, 0.2) is 24.3 Å². The predicted octanol–water partition coefficient (Wildman–Crippen LogP) is 2.17. The van der Waals surface area contributed by atoms with Gasteiger partial charge in [-0.15, -0.1) is 10.1 Å². The molecular formula is C22H32N4O6. The van der Waals surface area contributed by atoms with Crippen molar-refractivity contribution >= 4 is 16.8 Å². The molecule has 1 fully saturated rings. The molecule has 1 amide bonds. The number of aryl methyl sites for hydroxylation is 1. The minimum atomic E-state index is -0.773. The zero-order valence-electron chi connectivity index (χ0n) is 18.6. The summed E-state index contributed by atoms with van der Waals surface area (Å²) in [6, 6.07) is 7.44. The third-order valence-corrected chi connectivity index (χ3v) is 5.79. The molecule has 0 radical (unpaired) electrons. The lowest BCUT2D eigenvalue weighted by Crippen LogP contribution is -2.51. The lowest BCUT2D eigenvalue weighted by Gasteiger charge is -2.38. The quantitative estimate of drug-likeness (QED) is 0.273. The number of rotatable bonds is 11. The van der Waals surface area contributed by atoms with Gasteiger partial charge in [-0.25, -0.2) is 0 Å². The Morgan fingerprint density at radius 3 is 2.94 bits per heavy atom. The van der Waals surface area contributed by atoms with Gasteiger partial charge in [0.25, 0.3) is 5.09 Å². The number of benzene rings is 1. The Labute approximate surface area is 187 Å². The van der Waals surface area contributed by atoms with Crippen LogP contribution in [0.3, 0.4) is 0 Å². The van der Waals surface area contributed by atoms with E-state index >= 15 is 0 Å². The fourth-order valence-corrected chi connectivity index (χ4v) is 4.33. The normalized spacial score (nSPS) is 19.5. The van der Waals surface area contributed by atoms with E-state index in [0.717, 1.165) is 29.4 Å². The van der Waals surface area contributed by atoms with Gasteiger partial charge >= 0.3 is 0 Å². The molecule has 1 aliphatic carbocycles. The lowest BCUT2D eigenvalue weighted by molar-refractivity contribution is -0.770. The number of ether oxygens (including phenoxy) is 1. The van der Waals surface area contributed by atoms with Crippen LogP contribution in [-0.2, 0) is 9.63 Å². The second-order valence-electron chi connectivity index (χ2n) is 8.27. The van der Waals surface area contributed by atoms with Crippen molar-refractivity contribution < 1.29 is 24.6 Å². The average Bonchev–Trinajstić information content (AvgIpc) is 3.13. The first-order valence-corrected chi connectivity index (χ1v) is 11.0. The molecule has 0 aliphatic heterocycles. The van der Waals surface area contributed by atoms with E-state index in [-0.39, 0.29) is 18.6 Å². The minimum absolute atomic E-state index is 0.133. The number of hydrogen-bond acceptors (Lipinski definition) is 7. The van der Waals surface area contributed by atoms with Crippen LogP contribution in [0.1, 0.15) is 38.3 Å². The van der Waals surface area contributed by atoms with Crippen molar-refractivity contribution in [2.24, 2.45) is 0 Å². The van der Waals surface area contributed by atoms with Crippen molar-refractivity contribution in [1.82, 2.24) is 15.2 Å². The summed E-state index contributed by atoms with van der Waals surface area (Å²) in [5, 5.41) is 24.4. The van der Waals surface area contributed by atoms with Crippen molar-refractivity contribution in [2.75, 3.05) is 26.2 Å². The number of aliphatic hydroxyl groups is 1. The molecule has 0 spiro atoms. The molecule has 1 saturated carbocycles. The first kappa shape index (κ1) is 23.8. The highest BCUT2D eigenvalue weighted by Crippen LogP contribution is 2.27. The van der Waals surface area contributed by atoms with Gasteiger partial charge in [0.15, 0.2) is 0 Å². The SMILES string of the molecule is CC(=O)N(CCNCC(O)COc1cccc2[nH]c(C)cc12)C1CCCCC1O[N+](=O)[O-]. The van der Waals surface area contributed by atoms with Crippen molar-refractivity contribution in [3.8, 4) is 5.75 Å². The molecule has 1 aromatic heterocycles. The van der Waals surface area contributed by atoms with Crippen LogP contribution in [0.5, 0.6) is 5.75 Å². The first-order valence-electron chi connectivity index (χ1n) is 11.0. The molecule has 10 nitrogen and oxygen atoms in total. The molecule has 3 N–H and O–H groups in total. The molecule has 0 bridgehead atoms. The summed E-state index contributed by atoms with van der Waals surface area (Å²) in [6.45, 7) is 4.70. The highest BCUT2D eigenvalue weighted by atomic mass is 17.0. The van der Waals surface area contributed by atoms with Crippen LogP contribution in [-0.4, -0.2) is 70.5 Å². The Hall–Kier alpha value is -2.85. The maximum absolute atomic E-state index is 12.2. The molecule has 10 heteroatoms. The maximum Gasteiger partial charge on any atom is 0.294 e. The van der Waals surface area contributed by atoms with E-state index in [1.54, 1.807) is 4.90 Å². The third kappa shape index (κ3) is 6.33. The van der Waals surface area contributed by atoms with Gasteiger partial charge in [-0.05, 0) is 38.0 Å². The molecule has 2 aromatic rings. The summed E-state index contributed by atoms with van der Waals surface area (Å²) in [5.41, 5.74) is 2.02. The standard InChI is InChI=1S/C22H32N4O6/c1-15-12-18-19(24-15)6-5-9-21(18)31-14-17(28)13-23-10-11-25(16(2)27)20-7-3-4-8-22(20)32-26(29)30/h5-6,9,12,17,20,22-24,28H,3-4,7-8,10-11,13-14H2,1-2H3. The second-order valence-corrected chi connectivity index (χ2v) is 8.27. The molecular weight excluding hydrogens is 416 g/mol. The van der Waals surface area contributed by atoms with E-state index in [2.05, 4.69) is 10.3 Å². The largest absolute Gasteiger partial charge is 0.490 e. The molecule has 1 heterocycles. The fourth-order valence-electron chi connectivity index (χ4n) is 4.33. The molecule has 0 saturated heterocycles. The van der Waals surface area contributed by atoms with Crippen LogP contribution in [0, 0.1) is 17.0 Å². The average molecular weight is 449 g/mol. The predicted molar refractivity (Wildman–Crippen MR) is 119 cm³/mol. The summed E-state index contributed by atoms with van der Waals surface area (Å²) in [6.07, 6.45) is 1.67. The Morgan fingerprint density at radius 2 is 2.19 bits per heavy atom. The van der Waals surface area contributed by atoms with Gasteiger partial charge in [-0.2, -0.15) is 0 Å². The maximum atomic E-state index is 12.2. The van der Waals surface area contributed by atoms with E-state index < -0.39 is 17.3 Å². The smallest absolute Gasteiger partial charge is 0.294 e. The van der Waals surface area contributed by atoms with E-state index in [4.69, 9.17) is 9.57 Å². The number of carbonyl (C=O) groups excluding carboxylic acids is 1. The highest BCUT2D eigenvalue weighted by Gasteiger charge is 2.33. The Kier molecular flexibility index (Phi) is 8.29. The number of H-pyrrole nitrogens is 1. The lowest BCUT2D eigenvalue weighted by atomic mass is 9.91. The van der Waals surface area contributed by atoms with Gasteiger partial charge in [0.2, 0.25) is 5.91 Å². The monoisotopic (exact) mass is 448 g/mol. The molecule has 1 aliphatic rings. The minimum Gasteiger partial charge on any atom is -0.490 e. The van der Waals surface area contributed by atoms with E-state index in [1.165, 1.54) is 6.92 Å². The van der Waals surface area contributed by atoms with Crippen LogP contribution in [0.25, 0.3) is 10.9 Å².